The molecule has 1 aromatic carbocycles. The fourth-order valence-corrected chi connectivity index (χ4v) is 6.02. The zero-order chi connectivity index (χ0) is 16.7. The van der Waals surface area contributed by atoms with Crippen LogP contribution in [0.3, 0.4) is 0 Å². The van der Waals surface area contributed by atoms with Gasteiger partial charge in [-0.05, 0) is 23.6 Å². The largest absolute Gasteiger partial charge is 0.494 e. The molecule has 9 heteroatoms. The van der Waals surface area contributed by atoms with E-state index in [-0.39, 0.29) is 6.10 Å². The number of sulfonamides is 1. The number of rotatable bonds is 5. The Morgan fingerprint density at radius 1 is 1.25 bits per heavy atom. The van der Waals surface area contributed by atoms with Crippen LogP contribution in [0.5, 0.6) is 10.9 Å². The number of nitrogens with zero attached hydrogens (tertiary/aromatic N) is 2. The van der Waals surface area contributed by atoms with Gasteiger partial charge in [0.25, 0.3) is 15.2 Å². The summed E-state index contributed by atoms with van der Waals surface area (Å²) in [4.78, 5) is 4.45. The average molecular weight is 382 g/mol. The fraction of sp³-hybridized carbons (Fsp3) is 0.267. The van der Waals surface area contributed by atoms with E-state index in [1.165, 1.54) is 27.0 Å². The lowest BCUT2D eigenvalue weighted by molar-refractivity contribution is 0.0762. The summed E-state index contributed by atoms with van der Waals surface area (Å²) in [6.45, 7) is 0.681. The number of fused-ring (bicyclic) bond motifs is 1. The molecule has 3 heterocycles. The Morgan fingerprint density at radius 3 is 2.79 bits per heavy atom. The molecule has 4 rings (SSSR count). The van der Waals surface area contributed by atoms with Crippen LogP contribution in [0.25, 0.3) is 10.2 Å². The number of hydrogen-bond acceptors (Lipinski definition) is 7. The standard InChI is InChI=1S/C15H14N2O4S3/c1-20-11-4-2-5-12-14(11)16-15(23-12)21-10-8-17(9-10)24(18,19)13-6-3-7-22-13/h2-7,10H,8-9H2,1H3. The molecule has 0 unspecified atom stereocenters. The Morgan fingerprint density at radius 2 is 2.08 bits per heavy atom. The van der Waals surface area contributed by atoms with Gasteiger partial charge in [-0.1, -0.05) is 23.5 Å². The first-order chi connectivity index (χ1) is 11.6. The minimum atomic E-state index is -3.38. The maximum Gasteiger partial charge on any atom is 0.274 e. The van der Waals surface area contributed by atoms with Gasteiger partial charge in [0.05, 0.1) is 24.9 Å². The number of thiazole rings is 1. The van der Waals surface area contributed by atoms with Crippen LogP contribution in [0.2, 0.25) is 0 Å². The number of ether oxygens (including phenoxy) is 2. The highest BCUT2D eigenvalue weighted by atomic mass is 32.2. The molecule has 24 heavy (non-hydrogen) atoms. The van der Waals surface area contributed by atoms with Gasteiger partial charge in [0, 0.05) is 0 Å². The van der Waals surface area contributed by atoms with Gasteiger partial charge >= 0.3 is 0 Å². The van der Waals surface area contributed by atoms with Gasteiger partial charge in [-0.2, -0.15) is 9.29 Å². The van der Waals surface area contributed by atoms with Gasteiger partial charge in [0.1, 0.15) is 21.6 Å². The zero-order valence-corrected chi connectivity index (χ0v) is 15.2. The zero-order valence-electron chi connectivity index (χ0n) is 12.7. The molecule has 1 saturated heterocycles. The van der Waals surface area contributed by atoms with Crippen molar-refractivity contribution in [3.05, 3.63) is 35.7 Å². The minimum Gasteiger partial charge on any atom is -0.494 e. The second-order valence-electron chi connectivity index (χ2n) is 5.28. The Kier molecular flexibility index (Phi) is 3.95. The van der Waals surface area contributed by atoms with E-state index in [0.717, 1.165) is 10.2 Å². The molecule has 126 valence electrons. The van der Waals surface area contributed by atoms with E-state index in [0.29, 0.717) is 28.2 Å². The molecule has 0 spiro atoms. The lowest BCUT2D eigenvalue weighted by Crippen LogP contribution is -2.55. The number of aromatic nitrogens is 1. The summed E-state index contributed by atoms with van der Waals surface area (Å²) >= 11 is 2.66. The van der Waals surface area contributed by atoms with Gasteiger partial charge in [-0.15, -0.1) is 11.3 Å². The van der Waals surface area contributed by atoms with Crippen LogP contribution < -0.4 is 9.47 Å². The van der Waals surface area contributed by atoms with Gasteiger partial charge in [-0.25, -0.2) is 8.42 Å². The summed E-state index contributed by atoms with van der Waals surface area (Å²) in [5, 5.41) is 2.29. The van der Waals surface area contributed by atoms with Crippen LogP contribution in [-0.4, -0.2) is 44.0 Å². The second-order valence-corrected chi connectivity index (χ2v) is 9.39. The quantitative estimate of drug-likeness (QED) is 0.679. The number of methoxy groups -OCH3 is 1. The minimum absolute atomic E-state index is 0.175. The molecule has 3 aromatic rings. The smallest absolute Gasteiger partial charge is 0.274 e. The van der Waals surface area contributed by atoms with E-state index in [1.54, 1.807) is 24.6 Å². The molecule has 2 aromatic heterocycles. The average Bonchev–Trinajstić information content (AvgIpc) is 3.18. The molecule has 1 aliphatic heterocycles. The van der Waals surface area contributed by atoms with Gasteiger partial charge in [0.2, 0.25) is 0 Å². The third kappa shape index (κ3) is 2.67. The van der Waals surface area contributed by atoms with Crippen molar-refractivity contribution in [3.8, 4) is 10.9 Å². The van der Waals surface area contributed by atoms with Crippen molar-refractivity contribution < 1.29 is 17.9 Å². The summed E-state index contributed by atoms with van der Waals surface area (Å²) in [6.07, 6.45) is -0.175. The Balaban J connectivity index is 1.45. The maximum absolute atomic E-state index is 12.3. The van der Waals surface area contributed by atoms with E-state index in [2.05, 4.69) is 4.98 Å². The summed E-state index contributed by atoms with van der Waals surface area (Å²) in [5.41, 5.74) is 0.766. The van der Waals surface area contributed by atoms with Crippen LogP contribution >= 0.6 is 22.7 Å². The first-order valence-electron chi connectivity index (χ1n) is 7.22. The van der Waals surface area contributed by atoms with Crippen LogP contribution in [-0.2, 0) is 10.0 Å². The fourth-order valence-electron chi connectivity index (χ4n) is 2.47. The highest BCUT2D eigenvalue weighted by Crippen LogP contribution is 2.35. The van der Waals surface area contributed by atoms with Crippen LogP contribution in [0.15, 0.2) is 39.9 Å². The van der Waals surface area contributed by atoms with Gasteiger partial charge in [-0.3, -0.25) is 0 Å². The molecule has 0 radical (unpaired) electrons. The second kappa shape index (κ2) is 5.99. The molecule has 1 fully saturated rings. The van der Waals surface area contributed by atoms with Crippen molar-refractivity contribution in [2.24, 2.45) is 0 Å². The molecule has 0 atom stereocenters. The summed E-state index contributed by atoms with van der Waals surface area (Å²) in [7, 11) is -1.78. The molecule has 0 bridgehead atoms. The van der Waals surface area contributed by atoms with Crippen molar-refractivity contribution in [2.75, 3.05) is 20.2 Å². The van der Waals surface area contributed by atoms with E-state index >= 15 is 0 Å². The third-order valence-corrected chi connectivity index (χ3v) is 7.87. The Labute approximate surface area is 147 Å². The van der Waals surface area contributed by atoms with E-state index in [9.17, 15) is 8.42 Å². The first-order valence-corrected chi connectivity index (χ1v) is 10.4. The summed E-state index contributed by atoms with van der Waals surface area (Å²) in [5.74, 6) is 0.703. The van der Waals surface area contributed by atoms with Gasteiger partial charge in [0.15, 0.2) is 0 Å². The molecule has 0 amide bonds. The van der Waals surface area contributed by atoms with Crippen LogP contribution in [0, 0.1) is 0 Å². The molecular weight excluding hydrogens is 368 g/mol. The van der Waals surface area contributed by atoms with E-state index < -0.39 is 10.0 Å². The monoisotopic (exact) mass is 382 g/mol. The lowest BCUT2D eigenvalue weighted by Gasteiger charge is -2.36. The number of thiophene rings is 1. The Hall–Kier alpha value is -1.68. The van der Waals surface area contributed by atoms with E-state index in [4.69, 9.17) is 9.47 Å². The summed E-state index contributed by atoms with van der Waals surface area (Å²) in [6, 6.07) is 9.07. The topological polar surface area (TPSA) is 68.7 Å². The van der Waals surface area contributed by atoms with Crippen molar-refractivity contribution in [3.63, 3.8) is 0 Å². The van der Waals surface area contributed by atoms with Crippen molar-refractivity contribution in [2.45, 2.75) is 10.3 Å². The molecule has 0 N–H and O–H groups in total. The molecule has 0 saturated carbocycles. The predicted molar refractivity (Wildman–Crippen MR) is 93.7 cm³/mol. The lowest BCUT2D eigenvalue weighted by atomic mass is 10.2. The molecular formula is C15H14N2O4S3. The van der Waals surface area contributed by atoms with Crippen molar-refractivity contribution >= 4 is 42.9 Å². The predicted octanol–water partition coefficient (Wildman–Crippen LogP) is 2.82. The third-order valence-electron chi connectivity index (χ3n) is 3.75. The molecule has 0 aliphatic carbocycles. The normalized spacial score (nSPS) is 16.2. The number of hydrogen-bond donors (Lipinski definition) is 0. The van der Waals surface area contributed by atoms with E-state index in [1.807, 2.05) is 18.2 Å². The SMILES string of the molecule is COc1cccc2sc(OC3CN(S(=O)(=O)c4cccs4)C3)nc12. The van der Waals surface area contributed by atoms with Crippen molar-refractivity contribution in [1.29, 1.82) is 0 Å². The molecule has 1 aliphatic rings. The highest BCUT2D eigenvalue weighted by molar-refractivity contribution is 7.91. The van der Waals surface area contributed by atoms with Crippen LogP contribution in [0.4, 0.5) is 0 Å². The Bertz CT molecular complexity index is 960. The molecule has 6 nitrogen and oxygen atoms in total. The van der Waals surface area contributed by atoms with Gasteiger partial charge < -0.3 is 9.47 Å². The number of para-hydroxylation sites is 1. The summed E-state index contributed by atoms with van der Waals surface area (Å²) < 4.78 is 38.6. The maximum atomic E-state index is 12.3. The first kappa shape index (κ1) is 15.8. The highest BCUT2D eigenvalue weighted by Gasteiger charge is 2.39. The van der Waals surface area contributed by atoms with Crippen LogP contribution in [0.1, 0.15) is 0 Å². The number of benzene rings is 1. The van der Waals surface area contributed by atoms with Crippen molar-refractivity contribution in [1.82, 2.24) is 9.29 Å².